The van der Waals surface area contributed by atoms with Crippen molar-refractivity contribution in [2.24, 2.45) is 0 Å². The highest BCUT2D eigenvalue weighted by molar-refractivity contribution is 5.84. The number of likely N-dealkylation sites (tertiary alicyclic amines) is 1. The number of fused-ring (bicyclic) bond motifs is 1. The molecular formula is C19H23FN4O. The van der Waals surface area contributed by atoms with Crippen molar-refractivity contribution >= 4 is 23.0 Å². The van der Waals surface area contributed by atoms with Crippen LogP contribution in [-0.2, 0) is 4.79 Å². The second kappa shape index (κ2) is 6.94. The summed E-state index contributed by atoms with van der Waals surface area (Å²) in [5.41, 5.74) is 3.15. The standard InChI is InChI=1S/C19H23FN4O/c20-15-5-9-24(10-6-15)16-1-2-17-18(11-16)21-12-22-19(17)14-3-7-23(13-25)8-4-14/h1-2,11-15H,3-10H2. The summed E-state index contributed by atoms with van der Waals surface area (Å²) in [4.78, 5) is 24.0. The summed E-state index contributed by atoms with van der Waals surface area (Å²) in [7, 11) is 0. The Morgan fingerprint density at radius 1 is 1.04 bits per heavy atom. The molecule has 2 fully saturated rings. The van der Waals surface area contributed by atoms with Gasteiger partial charge in [-0.15, -0.1) is 0 Å². The normalized spacial score (nSPS) is 20.2. The molecule has 1 amide bonds. The number of nitrogens with zero attached hydrogens (tertiary/aromatic N) is 4. The lowest BCUT2D eigenvalue weighted by atomic mass is 9.91. The number of anilines is 1. The van der Waals surface area contributed by atoms with E-state index in [-0.39, 0.29) is 0 Å². The van der Waals surface area contributed by atoms with E-state index < -0.39 is 6.17 Å². The Morgan fingerprint density at radius 3 is 2.52 bits per heavy atom. The van der Waals surface area contributed by atoms with Crippen molar-refractivity contribution < 1.29 is 9.18 Å². The van der Waals surface area contributed by atoms with E-state index in [0.29, 0.717) is 18.8 Å². The Balaban J connectivity index is 1.59. The van der Waals surface area contributed by atoms with Gasteiger partial charge in [0, 0.05) is 43.2 Å². The fraction of sp³-hybridized carbons (Fsp3) is 0.526. The van der Waals surface area contributed by atoms with Crippen molar-refractivity contribution in [3.05, 3.63) is 30.2 Å². The minimum Gasteiger partial charge on any atom is -0.371 e. The molecule has 0 aliphatic carbocycles. The first-order chi connectivity index (χ1) is 12.2. The van der Waals surface area contributed by atoms with Gasteiger partial charge in [-0.25, -0.2) is 14.4 Å². The molecule has 2 aliphatic heterocycles. The van der Waals surface area contributed by atoms with E-state index in [1.165, 1.54) is 0 Å². The van der Waals surface area contributed by atoms with Gasteiger partial charge in [0.15, 0.2) is 0 Å². The van der Waals surface area contributed by atoms with E-state index in [0.717, 1.165) is 67.7 Å². The van der Waals surface area contributed by atoms with Crippen LogP contribution in [-0.4, -0.2) is 53.6 Å². The molecule has 0 unspecified atom stereocenters. The lowest BCUT2D eigenvalue weighted by molar-refractivity contribution is -0.119. The van der Waals surface area contributed by atoms with Gasteiger partial charge in [-0.05, 0) is 43.9 Å². The van der Waals surface area contributed by atoms with Gasteiger partial charge < -0.3 is 9.80 Å². The van der Waals surface area contributed by atoms with Crippen LogP contribution in [0.2, 0.25) is 0 Å². The van der Waals surface area contributed by atoms with E-state index in [2.05, 4.69) is 33.1 Å². The second-order valence-corrected chi connectivity index (χ2v) is 7.04. The van der Waals surface area contributed by atoms with Crippen LogP contribution in [0, 0.1) is 0 Å². The maximum atomic E-state index is 13.4. The van der Waals surface area contributed by atoms with E-state index in [1.54, 1.807) is 6.33 Å². The van der Waals surface area contributed by atoms with Crippen LogP contribution in [0.4, 0.5) is 10.1 Å². The molecule has 2 saturated heterocycles. The third-order valence-corrected chi connectivity index (χ3v) is 5.51. The Kier molecular flexibility index (Phi) is 4.51. The lowest BCUT2D eigenvalue weighted by Gasteiger charge is -2.31. The van der Waals surface area contributed by atoms with Crippen LogP contribution in [0.5, 0.6) is 0 Å². The Labute approximate surface area is 146 Å². The minimum atomic E-state index is -0.664. The molecule has 2 aromatic rings. The van der Waals surface area contributed by atoms with Gasteiger partial charge in [0.05, 0.1) is 11.2 Å². The summed E-state index contributed by atoms with van der Waals surface area (Å²) in [5, 5.41) is 1.09. The zero-order chi connectivity index (χ0) is 17.2. The summed E-state index contributed by atoms with van der Waals surface area (Å²) in [5.74, 6) is 0.370. The number of carbonyl (C=O) groups is 1. The molecule has 6 heteroatoms. The highest BCUT2D eigenvalue weighted by atomic mass is 19.1. The molecule has 4 rings (SSSR count). The largest absolute Gasteiger partial charge is 0.371 e. The van der Waals surface area contributed by atoms with E-state index >= 15 is 0 Å². The Bertz CT molecular complexity index is 752. The summed E-state index contributed by atoms with van der Waals surface area (Å²) in [6.45, 7) is 3.09. The first-order valence-corrected chi connectivity index (χ1v) is 9.07. The number of piperidine rings is 2. The number of benzene rings is 1. The maximum Gasteiger partial charge on any atom is 0.209 e. The first kappa shape index (κ1) is 16.2. The third kappa shape index (κ3) is 3.30. The van der Waals surface area contributed by atoms with E-state index in [9.17, 15) is 9.18 Å². The van der Waals surface area contributed by atoms with Crippen LogP contribution < -0.4 is 4.90 Å². The predicted octanol–water partition coefficient (Wildman–Crippen LogP) is 2.90. The highest BCUT2D eigenvalue weighted by Crippen LogP contribution is 2.32. The van der Waals surface area contributed by atoms with Crippen molar-refractivity contribution in [3.8, 4) is 0 Å². The SMILES string of the molecule is O=CN1CCC(c2ncnc3cc(N4CCC(F)CC4)ccc23)CC1. The fourth-order valence-corrected chi connectivity index (χ4v) is 3.97. The van der Waals surface area contributed by atoms with Gasteiger partial charge in [0.2, 0.25) is 6.41 Å². The van der Waals surface area contributed by atoms with Crippen molar-refractivity contribution in [1.82, 2.24) is 14.9 Å². The molecular weight excluding hydrogens is 319 g/mol. The van der Waals surface area contributed by atoms with Crippen LogP contribution in [0.1, 0.15) is 37.3 Å². The van der Waals surface area contributed by atoms with Crippen LogP contribution in [0.25, 0.3) is 10.9 Å². The molecule has 0 N–H and O–H groups in total. The Hall–Kier alpha value is -2.24. The molecule has 25 heavy (non-hydrogen) atoms. The quantitative estimate of drug-likeness (QED) is 0.805. The minimum absolute atomic E-state index is 0.370. The number of carbonyl (C=O) groups excluding carboxylic acids is 1. The van der Waals surface area contributed by atoms with E-state index in [4.69, 9.17) is 0 Å². The van der Waals surface area contributed by atoms with Crippen LogP contribution >= 0.6 is 0 Å². The molecule has 2 aliphatic rings. The number of amides is 1. The summed E-state index contributed by atoms with van der Waals surface area (Å²) >= 11 is 0. The van der Waals surface area contributed by atoms with Gasteiger partial charge in [0.1, 0.15) is 12.5 Å². The molecule has 1 aromatic heterocycles. The summed E-state index contributed by atoms with van der Waals surface area (Å²) < 4.78 is 13.4. The zero-order valence-electron chi connectivity index (χ0n) is 14.3. The number of aromatic nitrogens is 2. The van der Waals surface area contributed by atoms with Crippen LogP contribution in [0.15, 0.2) is 24.5 Å². The molecule has 132 valence electrons. The van der Waals surface area contributed by atoms with Crippen LogP contribution in [0.3, 0.4) is 0 Å². The van der Waals surface area contributed by atoms with E-state index in [1.807, 2.05) is 4.90 Å². The molecule has 1 aromatic carbocycles. The third-order valence-electron chi connectivity index (χ3n) is 5.51. The predicted molar refractivity (Wildman–Crippen MR) is 95.5 cm³/mol. The number of rotatable bonds is 3. The van der Waals surface area contributed by atoms with Crippen molar-refractivity contribution in [2.75, 3.05) is 31.1 Å². The lowest BCUT2D eigenvalue weighted by Crippen LogP contribution is -2.34. The molecule has 0 radical (unpaired) electrons. The highest BCUT2D eigenvalue weighted by Gasteiger charge is 2.23. The maximum absolute atomic E-state index is 13.4. The van der Waals surface area contributed by atoms with Gasteiger partial charge in [-0.2, -0.15) is 0 Å². The van der Waals surface area contributed by atoms with Gasteiger partial charge in [0.25, 0.3) is 0 Å². The molecule has 0 atom stereocenters. The topological polar surface area (TPSA) is 49.3 Å². The van der Waals surface area contributed by atoms with Gasteiger partial charge >= 0.3 is 0 Å². The van der Waals surface area contributed by atoms with Crippen molar-refractivity contribution in [2.45, 2.75) is 37.8 Å². The number of alkyl halides is 1. The Morgan fingerprint density at radius 2 is 1.80 bits per heavy atom. The molecule has 5 nitrogen and oxygen atoms in total. The molecule has 3 heterocycles. The number of hydrogen-bond acceptors (Lipinski definition) is 4. The fourth-order valence-electron chi connectivity index (χ4n) is 3.97. The van der Waals surface area contributed by atoms with Gasteiger partial charge in [-0.3, -0.25) is 4.79 Å². The summed E-state index contributed by atoms with van der Waals surface area (Å²) in [6.07, 6.45) is 4.99. The molecule has 0 saturated carbocycles. The molecule has 0 spiro atoms. The number of hydrogen-bond donors (Lipinski definition) is 0. The average Bonchev–Trinajstić information content (AvgIpc) is 2.68. The zero-order valence-corrected chi connectivity index (χ0v) is 14.3. The average molecular weight is 342 g/mol. The smallest absolute Gasteiger partial charge is 0.209 e. The monoisotopic (exact) mass is 342 g/mol. The summed E-state index contributed by atoms with van der Waals surface area (Å²) in [6, 6.07) is 6.31. The van der Waals surface area contributed by atoms with Crippen molar-refractivity contribution in [3.63, 3.8) is 0 Å². The van der Waals surface area contributed by atoms with Gasteiger partial charge in [-0.1, -0.05) is 0 Å². The van der Waals surface area contributed by atoms with Crippen molar-refractivity contribution in [1.29, 1.82) is 0 Å². The number of halogens is 1. The second-order valence-electron chi connectivity index (χ2n) is 7.04. The first-order valence-electron chi connectivity index (χ1n) is 9.07. The molecule has 0 bridgehead atoms.